The number of aryl methyl sites for hydroxylation is 1. The van der Waals surface area contributed by atoms with Gasteiger partial charge in [0.15, 0.2) is 5.84 Å². The highest BCUT2D eigenvalue weighted by atomic mass is 15.0. The standard InChI is InChI=1S/C47H36N4/c1-5-13-37-31(4)50-43-17-10-9-16-40(43)42-29-35(28-41(37)46(42)50)33-20-22-34(23-21-33)47(48-6-2)49-30(3)32-24-26-36(27-25-32)51-44-18-11-7-14-38(44)39-15-8-12-19-45(39)51/h5-29H,3H2,1-2,4H3/b13-5-,48-6?,49-47?. The van der Waals surface area contributed by atoms with E-state index in [1.165, 1.54) is 65.8 Å². The van der Waals surface area contributed by atoms with Crippen molar-refractivity contribution in [1.82, 2.24) is 8.97 Å². The molecule has 0 aliphatic rings. The van der Waals surface area contributed by atoms with E-state index in [9.17, 15) is 0 Å². The second-order valence-corrected chi connectivity index (χ2v) is 13.0. The van der Waals surface area contributed by atoms with E-state index in [0.29, 0.717) is 11.5 Å². The molecular weight excluding hydrogens is 621 g/mol. The van der Waals surface area contributed by atoms with Crippen molar-refractivity contribution < 1.29 is 0 Å². The fraction of sp³-hybridized carbons (Fsp3) is 0.0638. The van der Waals surface area contributed by atoms with E-state index in [-0.39, 0.29) is 0 Å². The summed E-state index contributed by atoms with van der Waals surface area (Å²) in [6.07, 6.45) is 6.15. The van der Waals surface area contributed by atoms with Crippen LogP contribution >= 0.6 is 0 Å². The van der Waals surface area contributed by atoms with Gasteiger partial charge in [-0.15, -0.1) is 0 Å². The van der Waals surface area contributed by atoms with Crippen LogP contribution in [-0.2, 0) is 0 Å². The summed E-state index contributed by atoms with van der Waals surface area (Å²) in [4.78, 5) is 9.62. The molecule has 9 aromatic rings. The lowest BCUT2D eigenvalue weighted by Crippen LogP contribution is -1.99. The first kappa shape index (κ1) is 30.5. The predicted octanol–water partition coefficient (Wildman–Crippen LogP) is 12.3. The SMILES string of the molecule is C=C(N=C(N=CC)c1ccc(-c2cc3c(/C=C\C)c(C)n4c5ccccc5c(c2)c34)cc1)c1ccc(-n2c3ccccc3c3ccccc32)cc1. The number of benzene rings is 6. The lowest BCUT2D eigenvalue weighted by molar-refractivity contribution is 1.18. The molecule has 4 nitrogen and oxygen atoms in total. The van der Waals surface area contributed by atoms with Crippen LogP contribution in [0.1, 0.15) is 36.2 Å². The van der Waals surface area contributed by atoms with Crippen LogP contribution in [0.5, 0.6) is 0 Å². The summed E-state index contributed by atoms with van der Waals surface area (Å²) >= 11 is 0. The van der Waals surface area contributed by atoms with Crippen molar-refractivity contribution in [3.8, 4) is 16.8 Å². The molecule has 51 heavy (non-hydrogen) atoms. The largest absolute Gasteiger partial charge is 0.312 e. The van der Waals surface area contributed by atoms with Gasteiger partial charge in [-0.05, 0) is 79.9 Å². The van der Waals surface area contributed by atoms with Gasteiger partial charge in [0.1, 0.15) is 0 Å². The van der Waals surface area contributed by atoms with Crippen molar-refractivity contribution in [3.63, 3.8) is 0 Å². The van der Waals surface area contributed by atoms with Crippen LogP contribution in [0.15, 0.2) is 156 Å². The molecule has 3 aromatic heterocycles. The lowest BCUT2D eigenvalue weighted by Gasteiger charge is -2.10. The maximum atomic E-state index is 4.94. The van der Waals surface area contributed by atoms with Gasteiger partial charge in [-0.1, -0.05) is 110 Å². The second-order valence-electron chi connectivity index (χ2n) is 13.0. The van der Waals surface area contributed by atoms with E-state index in [2.05, 4.69) is 180 Å². The normalized spacial score (nSPS) is 12.6. The van der Waals surface area contributed by atoms with Gasteiger partial charge in [-0.25, -0.2) is 9.98 Å². The number of hydrogen-bond donors (Lipinski definition) is 0. The van der Waals surface area contributed by atoms with Crippen molar-refractivity contribution in [2.45, 2.75) is 20.8 Å². The van der Waals surface area contributed by atoms with E-state index >= 15 is 0 Å². The van der Waals surface area contributed by atoms with E-state index in [1.807, 2.05) is 6.92 Å². The van der Waals surface area contributed by atoms with Gasteiger partial charge >= 0.3 is 0 Å². The Kier molecular flexibility index (Phi) is 7.25. The Morgan fingerprint density at radius 1 is 0.608 bits per heavy atom. The third kappa shape index (κ3) is 4.83. The molecule has 0 fully saturated rings. The fourth-order valence-electron chi connectivity index (χ4n) is 7.81. The highest BCUT2D eigenvalue weighted by molar-refractivity contribution is 6.18. The predicted molar refractivity (Wildman–Crippen MR) is 219 cm³/mol. The van der Waals surface area contributed by atoms with Gasteiger partial charge in [0.05, 0.1) is 27.8 Å². The van der Waals surface area contributed by atoms with Crippen LogP contribution in [0.3, 0.4) is 0 Å². The van der Waals surface area contributed by atoms with Gasteiger partial charge in [0, 0.05) is 55.7 Å². The van der Waals surface area contributed by atoms with Crippen LogP contribution in [-0.4, -0.2) is 21.0 Å². The average molecular weight is 657 g/mol. The molecule has 6 aromatic carbocycles. The maximum absolute atomic E-state index is 4.94. The van der Waals surface area contributed by atoms with Crippen molar-refractivity contribution in [1.29, 1.82) is 0 Å². The van der Waals surface area contributed by atoms with E-state index in [1.54, 1.807) is 6.21 Å². The molecular formula is C47H36N4. The Morgan fingerprint density at radius 2 is 1.18 bits per heavy atom. The second kappa shape index (κ2) is 12.1. The van der Waals surface area contributed by atoms with Gasteiger partial charge in [0.2, 0.25) is 0 Å². The number of rotatable bonds is 6. The molecule has 0 aliphatic heterocycles. The first-order valence-electron chi connectivity index (χ1n) is 17.4. The smallest absolute Gasteiger partial charge is 0.159 e. The van der Waals surface area contributed by atoms with Crippen LogP contribution < -0.4 is 0 Å². The lowest BCUT2D eigenvalue weighted by atomic mass is 9.97. The zero-order chi connectivity index (χ0) is 34.6. The Labute approximate surface area is 297 Å². The van der Waals surface area contributed by atoms with E-state index in [4.69, 9.17) is 4.99 Å². The molecule has 0 spiro atoms. The average Bonchev–Trinajstić information content (AvgIpc) is 3.79. The number of amidine groups is 1. The number of aliphatic imine (C=N–C) groups is 2. The Hall–Kier alpha value is -6.52. The molecule has 3 heterocycles. The Morgan fingerprint density at radius 3 is 1.80 bits per heavy atom. The van der Waals surface area contributed by atoms with Gasteiger partial charge in [-0.2, -0.15) is 0 Å². The molecule has 9 rings (SSSR count). The number of allylic oxidation sites excluding steroid dienone is 1. The third-order valence-corrected chi connectivity index (χ3v) is 10.1. The molecule has 0 bridgehead atoms. The maximum Gasteiger partial charge on any atom is 0.159 e. The molecule has 244 valence electrons. The van der Waals surface area contributed by atoms with Gasteiger partial charge in [-0.3, -0.25) is 0 Å². The number of nitrogens with zero attached hydrogens (tertiary/aromatic N) is 4. The summed E-state index contributed by atoms with van der Waals surface area (Å²) in [5.41, 5.74) is 13.4. The minimum absolute atomic E-state index is 0.631. The van der Waals surface area contributed by atoms with E-state index in [0.717, 1.165) is 22.4 Å². The minimum atomic E-state index is 0.631. The summed E-state index contributed by atoms with van der Waals surface area (Å²) in [7, 11) is 0. The number of para-hydroxylation sites is 3. The summed E-state index contributed by atoms with van der Waals surface area (Å²) in [6, 6.07) is 47.5. The van der Waals surface area contributed by atoms with Crippen LogP contribution in [0.4, 0.5) is 0 Å². The quantitative estimate of drug-likeness (QED) is 0.126. The molecule has 0 radical (unpaired) electrons. The van der Waals surface area contributed by atoms with Crippen LogP contribution in [0.2, 0.25) is 0 Å². The number of aromatic nitrogens is 2. The fourth-order valence-corrected chi connectivity index (χ4v) is 7.81. The minimum Gasteiger partial charge on any atom is -0.312 e. The molecule has 0 saturated carbocycles. The molecule has 0 aliphatic carbocycles. The monoisotopic (exact) mass is 656 g/mol. The highest BCUT2D eigenvalue weighted by Crippen LogP contribution is 2.41. The highest BCUT2D eigenvalue weighted by Gasteiger charge is 2.20. The van der Waals surface area contributed by atoms with Crippen LogP contribution in [0, 0.1) is 6.92 Å². The number of fused-ring (bicyclic) bond motifs is 6. The molecule has 0 N–H and O–H groups in total. The Balaban J connectivity index is 1.05. The summed E-state index contributed by atoms with van der Waals surface area (Å²) in [6.45, 7) is 10.6. The first-order valence-corrected chi connectivity index (χ1v) is 17.4. The third-order valence-electron chi connectivity index (χ3n) is 10.1. The molecule has 0 unspecified atom stereocenters. The molecule has 4 heteroatoms. The molecule has 0 atom stereocenters. The van der Waals surface area contributed by atoms with Crippen molar-refractivity contribution in [2.75, 3.05) is 0 Å². The van der Waals surface area contributed by atoms with Crippen molar-refractivity contribution in [2.24, 2.45) is 9.98 Å². The van der Waals surface area contributed by atoms with E-state index < -0.39 is 0 Å². The summed E-state index contributed by atoms with van der Waals surface area (Å²) in [5.74, 6) is 0.631. The van der Waals surface area contributed by atoms with Crippen molar-refractivity contribution >= 4 is 72.8 Å². The zero-order valence-corrected chi connectivity index (χ0v) is 28.9. The van der Waals surface area contributed by atoms with Gasteiger partial charge in [0.25, 0.3) is 0 Å². The zero-order valence-electron chi connectivity index (χ0n) is 28.9. The number of hydrogen-bond acceptors (Lipinski definition) is 1. The topological polar surface area (TPSA) is 34.1 Å². The van der Waals surface area contributed by atoms with Crippen LogP contribution in [0.25, 0.3) is 77.6 Å². The first-order chi connectivity index (χ1) is 25.1. The Bertz CT molecular complexity index is 2820. The molecule has 0 saturated heterocycles. The summed E-state index contributed by atoms with van der Waals surface area (Å²) in [5, 5.41) is 6.32. The van der Waals surface area contributed by atoms with Crippen molar-refractivity contribution in [3.05, 3.63) is 168 Å². The van der Waals surface area contributed by atoms with Gasteiger partial charge < -0.3 is 8.97 Å². The summed E-state index contributed by atoms with van der Waals surface area (Å²) < 4.78 is 4.73. The molecule has 0 amide bonds.